The topological polar surface area (TPSA) is 24.9 Å². The molecule has 4 heteroatoms. The van der Waals surface area contributed by atoms with Gasteiger partial charge in [-0.3, -0.25) is 4.98 Å². The molecular weight excluding hydrogens is 234 g/mol. The van der Waals surface area contributed by atoms with Crippen LogP contribution >= 0.6 is 0 Å². The smallest absolute Gasteiger partial charge is 0.163 e. The molecule has 0 bridgehead atoms. The average Bonchev–Trinajstić information content (AvgIpc) is 2.41. The predicted molar refractivity (Wildman–Crippen MR) is 65.8 cm³/mol. The lowest BCUT2D eigenvalue weighted by atomic mass is 10.1. The van der Waals surface area contributed by atoms with Gasteiger partial charge in [-0.2, -0.15) is 0 Å². The second-order valence-electron chi connectivity index (χ2n) is 4.10. The second kappa shape index (κ2) is 5.69. The summed E-state index contributed by atoms with van der Waals surface area (Å²) in [5.41, 5.74) is 1.39. The van der Waals surface area contributed by atoms with E-state index in [1.54, 1.807) is 18.5 Å². The molecule has 0 aliphatic rings. The standard InChI is InChI=1S/C14H14F2N2/c1-10(11-5-7-17-8-6-11)18-9-12-3-2-4-13(15)14(12)16/h2-8,10,18H,9H2,1H3. The molecule has 1 atom stereocenters. The van der Waals surface area contributed by atoms with E-state index in [-0.39, 0.29) is 12.6 Å². The Balaban J connectivity index is 2.02. The van der Waals surface area contributed by atoms with Gasteiger partial charge in [0.1, 0.15) is 0 Å². The number of nitrogens with one attached hydrogen (secondary N) is 1. The van der Waals surface area contributed by atoms with Gasteiger partial charge in [0, 0.05) is 30.5 Å². The van der Waals surface area contributed by atoms with Crippen molar-refractivity contribution in [1.82, 2.24) is 10.3 Å². The van der Waals surface area contributed by atoms with Crippen molar-refractivity contribution in [2.45, 2.75) is 19.5 Å². The number of hydrogen-bond donors (Lipinski definition) is 1. The first kappa shape index (κ1) is 12.6. The van der Waals surface area contributed by atoms with Gasteiger partial charge in [-0.05, 0) is 30.7 Å². The summed E-state index contributed by atoms with van der Waals surface area (Å²) < 4.78 is 26.4. The molecule has 1 unspecified atom stereocenters. The van der Waals surface area contributed by atoms with Crippen LogP contribution in [0.25, 0.3) is 0 Å². The molecule has 1 aromatic carbocycles. The van der Waals surface area contributed by atoms with E-state index in [0.717, 1.165) is 11.6 Å². The molecule has 94 valence electrons. The van der Waals surface area contributed by atoms with Crippen LogP contribution in [0.3, 0.4) is 0 Å². The van der Waals surface area contributed by atoms with E-state index in [2.05, 4.69) is 10.3 Å². The Hall–Kier alpha value is -1.81. The third-order valence-electron chi connectivity index (χ3n) is 2.84. The van der Waals surface area contributed by atoms with Gasteiger partial charge in [-0.25, -0.2) is 8.78 Å². The van der Waals surface area contributed by atoms with Gasteiger partial charge >= 0.3 is 0 Å². The van der Waals surface area contributed by atoms with Crippen molar-refractivity contribution in [3.05, 3.63) is 65.5 Å². The maximum atomic E-state index is 13.4. The fraction of sp³-hybridized carbons (Fsp3) is 0.214. The zero-order valence-electron chi connectivity index (χ0n) is 10.0. The molecule has 0 aliphatic heterocycles. The number of nitrogens with zero attached hydrogens (tertiary/aromatic N) is 1. The van der Waals surface area contributed by atoms with Gasteiger partial charge in [0.15, 0.2) is 11.6 Å². The Labute approximate surface area is 105 Å². The van der Waals surface area contributed by atoms with Crippen molar-refractivity contribution in [3.8, 4) is 0 Å². The zero-order chi connectivity index (χ0) is 13.0. The van der Waals surface area contributed by atoms with E-state index < -0.39 is 11.6 Å². The highest BCUT2D eigenvalue weighted by Crippen LogP contribution is 2.14. The Morgan fingerprint density at radius 1 is 1.17 bits per heavy atom. The number of hydrogen-bond acceptors (Lipinski definition) is 2. The highest BCUT2D eigenvalue weighted by molar-refractivity contribution is 5.20. The van der Waals surface area contributed by atoms with Crippen LogP contribution in [0, 0.1) is 11.6 Å². The molecule has 0 spiro atoms. The number of rotatable bonds is 4. The van der Waals surface area contributed by atoms with Gasteiger partial charge in [-0.15, -0.1) is 0 Å². The van der Waals surface area contributed by atoms with Gasteiger partial charge < -0.3 is 5.32 Å². The second-order valence-corrected chi connectivity index (χ2v) is 4.10. The van der Waals surface area contributed by atoms with Crippen molar-refractivity contribution < 1.29 is 8.78 Å². The van der Waals surface area contributed by atoms with Crippen LogP contribution in [0.1, 0.15) is 24.1 Å². The minimum Gasteiger partial charge on any atom is -0.306 e. The Morgan fingerprint density at radius 3 is 2.61 bits per heavy atom. The van der Waals surface area contributed by atoms with Gasteiger partial charge in [-0.1, -0.05) is 12.1 Å². The monoisotopic (exact) mass is 248 g/mol. The van der Waals surface area contributed by atoms with E-state index >= 15 is 0 Å². The molecule has 0 fully saturated rings. The lowest BCUT2D eigenvalue weighted by molar-refractivity contribution is 0.484. The van der Waals surface area contributed by atoms with Crippen molar-refractivity contribution in [1.29, 1.82) is 0 Å². The zero-order valence-corrected chi connectivity index (χ0v) is 10.0. The number of halogens is 2. The van der Waals surface area contributed by atoms with E-state index in [1.807, 2.05) is 19.1 Å². The first-order chi connectivity index (χ1) is 8.68. The Bertz CT molecular complexity index is 514. The molecule has 0 saturated carbocycles. The molecule has 18 heavy (non-hydrogen) atoms. The summed E-state index contributed by atoms with van der Waals surface area (Å²) in [7, 11) is 0. The summed E-state index contributed by atoms with van der Waals surface area (Å²) in [4.78, 5) is 3.93. The van der Waals surface area contributed by atoms with Crippen LogP contribution in [0.2, 0.25) is 0 Å². The molecule has 2 rings (SSSR count). The molecule has 0 aliphatic carbocycles. The predicted octanol–water partition coefficient (Wildman–Crippen LogP) is 3.21. The van der Waals surface area contributed by atoms with E-state index in [4.69, 9.17) is 0 Å². The Morgan fingerprint density at radius 2 is 1.89 bits per heavy atom. The number of aromatic nitrogens is 1. The minimum absolute atomic E-state index is 0.0515. The molecule has 1 aromatic heterocycles. The van der Waals surface area contributed by atoms with Crippen LogP contribution < -0.4 is 5.32 Å². The van der Waals surface area contributed by atoms with Crippen LogP contribution in [0.15, 0.2) is 42.7 Å². The molecular formula is C14H14F2N2. The lowest BCUT2D eigenvalue weighted by Gasteiger charge is -2.14. The molecule has 2 aromatic rings. The third kappa shape index (κ3) is 2.90. The highest BCUT2D eigenvalue weighted by Gasteiger charge is 2.09. The molecule has 0 radical (unpaired) electrons. The summed E-state index contributed by atoms with van der Waals surface area (Å²) in [5.74, 6) is -1.60. The number of pyridine rings is 1. The fourth-order valence-electron chi connectivity index (χ4n) is 1.72. The van der Waals surface area contributed by atoms with Crippen molar-refractivity contribution in [2.75, 3.05) is 0 Å². The van der Waals surface area contributed by atoms with E-state index in [9.17, 15) is 8.78 Å². The lowest BCUT2D eigenvalue weighted by Crippen LogP contribution is -2.19. The maximum Gasteiger partial charge on any atom is 0.163 e. The SMILES string of the molecule is CC(NCc1cccc(F)c1F)c1ccncc1. The van der Waals surface area contributed by atoms with Gasteiger partial charge in [0.25, 0.3) is 0 Å². The minimum atomic E-state index is -0.814. The first-order valence-electron chi connectivity index (χ1n) is 5.74. The normalized spacial score (nSPS) is 12.4. The summed E-state index contributed by atoms with van der Waals surface area (Å²) >= 11 is 0. The summed E-state index contributed by atoms with van der Waals surface area (Å²) in [6, 6.07) is 8.03. The van der Waals surface area contributed by atoms with Crippen LogP contribution in [0.4, 0.5) is 8.78 Å². The highest BCUT2D eigenvalue weighted by atomic mass is 19.2. The summed E-state index contributed by atoms with van der Waals surface area (Å²) in [5, 5.41) is 3.15. The van der Waals surface area contributed by atoms with Gasteiger partial charge in [0.2, 0.25) is 0 Å². The van der Waals surface area contributed by atoms with E-state index in [1.165, 1.54) is 6.07 Å². The molecule has 1 heterocycles. The molecule has 0 saturated heterocycles. The first-order valence-corrected chi connectivity index (χ1v) is 5.74. The average molecular weight is 248 g/mol. The fourth-order valence-corrected chi connectivity index (χ4v) is 1.72. The largest absolute Gasteiger partial charge is 0.306 e. The van der Waals surface area contributed by atoms with Gasteiger partial charge in [0.05, 0.1) is 0 Å². The van der Waals surface area contributed by atoms with Crippen LogP contribution in [-0.4, -0.2) is 4.98 Å². The quantitative estimate of drug-likeness (QED) is 0.898. The van der Waals surface area contributed by atoms with Crippen LogP contribution in [-0.2, 0) is 6.54 Å². The molecule has 2 nitrogen and oxygen atoms in total. The Kier molecular flexibility index (Phi) is 3.99. The molecule has 0 amide bonds. The summed E-state index contributed by atoms with van der Waals surface area (Å²) in [6.45, 7) is 2.25. The van der Waals surface area contributed by atoms with Crippen molar-refractivity contribution in [3.63, 3.8) is 0 Å². The molecule has 1 N–H and O–H groups in total. The number of benzene rings is 1. The van der Waals surface area contributed by atoms with E-state index in [0.29, 0.717) is 5.56 Å². The van der Waals surface area contributed by atoms with Crippen molar-refractivity contribution >= 4 is 0 Å². The van der Waals surface area contributed by atoms with Crippen LogP contribution in [0.5, 0.6) is 0 Å². The van der Waals surface area contributed by atoms with Crippen molar-refractivity contribution in [2.24, 2.45) is 0 Å². The third-order valence-corrected chi connectivity index (χ3v) is 2.84. The summed E-state index contributed by atoms with van der Waals surface area (Å²) in [6.07, 6.45) is 3.41. The maximum absolute atomic E-state index is 13.4.